The minimum Gasteiger partial charge on any atom is -0.492 e. The summed E-state index contributed by atoms with van der Waals surface area (Å²) in [6, 6.07) is 17.8. The van der Waals surface area contributed by atoms with Gasteiger partial charge in [-0.05, 0) is 42.8 Å². The predicted octanol–water partition coefficient (Wildman–Crippen LogP) is 2.91. The second-order valence-electron chi connectivity index (χ2n) is 8.35. The van der Waals surface area contributed by atoms with E-state index in [4.69, 9.17) is 14.2 Å². The van der Waals surface area contributed by atoms with Crippen LogP contribution in [-0.2, 0) is 17.8 Å². The van der Waals surface area contributed by atoms with Crippen LogP contribution in [0.2, 0.25) is 0 Å². The molecular formula is C25H31N3O4. The molecule has 1 aliphatic heterocycles. The molecule has 170 valence electrons. The summed E-state index contributed by atoms with van der Waals surface area (Å²) in [6.07, 6.45) is 3.68. The van der Waals surface area contributed by atoms with Gasteiger partial charge in [-0.15, -0.1) is 0 Å². The van der Waals surface area contributed by atoms with Gasteiger partial charge in [0.2, 0.25) is 0 Å². The van der Waals surface area contributed by atoms with Crippen molar-refractivity contribution >= 4 is 0 Å². The summed E-state index contributed by atoms with van der Waals surface area (Å²) in [5.74, 6) is 1.58. The lowest BCUT2D eigenvalue weighted by Crippen LogP contribution is -2.48. The van der Waals surface area contributed by atoms with Crippen molar-refractivity contribution in [1.29, 1.82) is 0 Å². The number of hydrogen-bond donors (Lipinski definition) is 1. The van der Waals surface area contributed by atoms with Gasteiger partial charge in [-0.25, -0.2) is 0 Å². The van der Waals surface area contributed by atoms with Crippen LogP contribution in [0, 0.1) is 6.92 Å². The number of aliphatic hydroxyl groups is 1. The maximum Gasteiger partial charge on any atom is 0.134 e. The molecular weight excluding hydrogens is 406 g/mol. The van der Waals surface area contributed by atoms with E-state index in [0.717, 1.165) is 23.6 Å². The second-order valence-corrected chi connectivity index (χ2v) is 8.35. The molecule has 0 bridgehead atoms. The molecule has 32 heavy (non-hydrogen) atoms. The molecule has 1 unspecified atom stereocenters. The lowest BCUT2D eigenvalue weighted by Gasteiger charge is -2.30. The van der Waals surface area contributed by atoms with Crippen molar-refractivity contribution in [3.63, 3.8) is 0 Å². The third-order valence-corrected chi connectivity index (χ3v) is 5.42. The van der Waals surface area contributed by atoms with E-state index in [1.54, 1.807) is 6.20 Å². The summed E-state index contributed by atoms with van der Waals surface area (Å²) in [7, 11) is 0. The van der Waals surface area contributed by atoms with Gasteiger partial charge < -0.3 is 19.3 Å². The van der Waals surface area contributed by atoms with Gasteiger partial charge in [-0.3, -0.25) is 9.58 Å². The first kappa shape index (κ1) is 22.3. The fourth-order valence-corrected chi connectivity index (χ4v) is 3.75. The van der Waals surface area contributed by atoms with Gasteiger partial charge >= 0.3 is 0 Å². The van der Waals surface area contributed by atoms with Crippen LogP contribution in [0.25, 0.3) is 0 Å². The Morgan fingerprint density at radius 1 is 1.09 bits per heavy atom. The number of aryl methyl sites for hydroxylation is 1. The number of aromatic nitrogens is 2. The first-order valence-electron chi connectivity index (χ1n) is 11.0. The van der Waals surface area contributed by atoms with E-state index in [-0.39, 0.29) is 13.2 Å². The Labute approximate surface area is 189 Å². The van der Waals surface area contributed by atoms with Crippen LogP contribution in [-0.4, -0.2) is 64.9 Å². The van der Waals surface area contributed by atoms with Gasteiger partial charge in [0.25, 0.3) is 0 Å². The van der Waals surface area contributed by atoms with E-state index in [0.29, 0.717) is 32.8 Å². The fourth-order valence-electron chi connectivity index (χ4n) is 3.75. The zero-order chi connectivity index (χ0) is 22.2. The van der Waals surface area contributed by atoms with Crippen molar-refractivity contribution in [3.05, 3.63) is 78.1 Å². The first-order chi connectivity index (χ1) is 15.6. The highest BCUT2D eigenvalue weighted by atomic mass is 16.5. The molecule has 1 aromatic heterocycles. The average molecular weight is 438 g/mol. The Morgan fingerprint density at radius 2 is 1.97 bits per heavy atom. The lowest BCUT2D eigenvalue weighted by atomic mass is 10.1. The quantitative estimate of drug-likeness (QED) is 0.555. The molecule has 0 spiro atoms. The van der Waals surface area contributed by atoms with Crippen LogP contribution in [0.3, 0.4) is 0 Å². The highest BCUT2D eigenvalue weighted by Crippen LogP contribution is 2.20. The predicted molar refractivity (Wildman–Crippen MR) is 122 cm³/mol. The molecule has 3 aromatic rings. The van der Waals surface area contributed by atoms with E-state index >= 15 is 0 Å². The molecule has 1 fully saturated rings. The molecule has 7 heteroatoms. The molecule has 1 atom stereocenters. The van der Waals surface area contributed by atoms with Crippen LogP contribution < -0.4 is 9.47 Å². The second kappa shape index (κ2) is 10.6. The van der Waals surface area contributed by atoms with Gasteiger partial charge in [-0.1, -0.05) is 29.8 Å². The molecule has 1 aliphatic rings. The standard InChI is InChI=1S/C25H31N3O4/c1-21-6-8-23(9-7-21)32-20-25(29)18-27(12-14-30-19-25)17-22-4-2-5-24(16-22)31-15-13-28-11-3-10-26-28/h2-11,16,29H,12-15,17-20H2,1H3. The van der Waals surface area contributed by atoms with Crippen LogP contribution in [0.15, 0.2) is 67.0 Å². The number of rotatable bonds is 9. The van der Waals surface area contributed by atoms with Crippen molar-refractivity contribution < 1.29 is 19.3 Å². The van der Waals surface area contributed by atoms with Crippen LogP contribution in [0.4, 0.5) is 0 Å². The van der Waals surface area contributed by atoms with Crippen LogP contribution >= 0.6 is 0 Å². The van der Waals surface area contributed by atoms with Gasteiger partial charge in [0.05, 0.1) is 19.8 Å². The number of nitrogens with zero attached hydrogens (tertiary/aromatic N) is 3. The van der Waals surface area contributed by atoms with Crippen molar-refractivity contribution in [2.45, 2.75) is 25.6 Å². The molecule has 7 nitrogen and oxygen atoms in total. The van der Waals surface area contributed by atoms with E-state index in [1.807, 2.05) is 60.3 Å². The molecule has 1 N–H and O–H groups in total. The topological polar surface area (TPSA) is 69.0 Å². The van der Waals surface area contributed by atoms with E-state index in [1.165, 1.54) is 5.56 Å². The monoisotopic (exact) mass is 437 g/mol. The minimum atomic E-state index is -1.07. The van der Waals surface area contributed by atoms with Crippen LogP contribution in [0.1, 0.15) is 11.1 Å². The Balaban J connectivity index is 1.31. The Bertz CT molecular complexity index is 962. The van der Waals surface area contributed by atoms with Crippen molar-refractivity contribution in [3.8, 4) is 11.5 Å². The summed E-state index contributed by atoms with van der Waals surface area (Å²) in [4.78, 5) is 2.20. The smallest absolute Gasteiger partial charge is 0.134 e. The summed E-state index contributed by atoms with van der Waals surface area (Å²) < 4.78 is 19.3. The third-order valence-electron chi connectivity index (χ3n) is 5.42. The van der Waals surface area contributed by atoms with E-state index in [2.05, 4.69) is 22.1 Å². The third kappa shape index (κ3) is 6.56. The molecule has 4 rings (SSSR count). The molecule has 0 radical (unpaired) electrons. The summed E-state index contributed by atoms with van der Waals surface area (Å²) >= 11 is 0. The van der Waals surface area contributed by atoms with Crippen molar-refractivity contribution in [1.82, 2.24) is 14.7 Å². The molecule has 2 aromatic carbocycles. The highest BCUT2D eigenvalue weighted by molar-refractivity contribution is 5.29. The highest BCUT2D eigenvalue weighted by Gasteiger charge is 2.33. The van der Waals surface area contributed by atoms with Gasteiger partial charge in [0.15, 0.2) is 0 Å². The summed E-state index contributed by atoms with van der Waals surface area (Å²) in [5, 5.41) is 15.3. The van der Waals surface area contributed by atoms with Crippen molar-refractivity contribution in [2.24, 2.45) is 0 Å². The van der Waals surface area contributed by atoms with Gasteiger partial charge in [0, 0.05) is 32.0 Å². The summed E-state index contributed by atoms with van der Waals surface area (Å²) in [5.41, 5.74) is 1.23. The largest absolute Gasteiger partial charge is 0.492 e. The molecule has 1 saturated heterocycles. The number of β-amino-alcohol motifs (C(OH)–C–C–N with tert-alkyl or cyclic N) is 1. The zero-order valence-electron chi connectivity index (χ0n) is 18.5. The Morgan fingerprint density at radius 3 is 2.78 bits per heavy atom. The number of hydrogen-bond acceptors (Lipinski definition) is 6. The number of benzene rings is 2. The minimum absolute atomic E-state index is 0.184. The van der Waals surface area contributed by atoms with Crippen molar-refractivity contribution in [2.75, 3.05) is 39.5 Å². The molecule has 0 aliphatic carbocycles. The zero-order valence-corrected chi connectivity index (χ0v) is 18.5. The summed E-state index contributed by atoms with van der Waals surface area (Å²) in [6.45, 7) is 6.23. The first-order valence-corrected chi connectivity index (χ1v) is 11.0. The SMILES string of the molecule is Cc1ccc(OCC2(O)COCCN(Cc3cccc(OCCn4cccn4)c3)C2)cc1. The maximum absolute atomic E-state index is 11.2. The maximum atomic E-state index is 11.2. The molecule has 0 saturated carbocycles. The van der Waals surface area contributed by atoms with E-state index < -0.39 is 5.60 Å². The van der Waals surface area contributed by atoms with Crippen LogP contribution in [0.5, 0.6) is 11.5 Å². The van der Waals surface area contributed by atoms with E-state index in [9.17, 15) is 5.11 Å². The Hall–Kier alpha value is -2.87. The number of ether oxygens (including phenoxy) is 3. The molecule has 2 heterocycles. The average Bonchev–Trinajstić information content (AvgIpc) is 3.23. The molecule has 0 amide bonds. The normalized spacial score (nSPS) is 19.4. The van der Waals surface area contributed by atoms with Gasteiger partial charge in [0.1, 0.15) is 30.3 Å². The van der Waals surface area contributed by atoms with Gasteiger partial charge in [-0.2, -0.15) is 5.10 Å². The Kier molecular flexibility index (Phi) is 7.42. The lowest BCUT2D eigenvalue weighted by molar-refractivity contribution is -0.0646. The fraction of sp³-hybridized carbons (Fsp3) is 0.400.